The first-order chi connectivity index (χ1) is 11.6. The van der Waals surface area contributed by atoms with Crippen LogP contribution in [0.2, 0.25) is 18.1 Å². The minimum atomic E-state index is -0.987. The Hall–Kier alpha value is -1.23. The average molecular weight is 355 g/mol. The highest BCUT2D eigenvalue weighted by Crippen LogP contribution is 2.30. The van der Waals surface area contributed by atoms with E-state index in [0.717, 1.165) is 25.0 Å². The van der Waals surface area contributed by atoms with Crippen molar-refractivity contribution in [2.45, 2.75) is 70.0 Å². The van der Waals surface area contributed by atoms with Crippen LogP contribution in [-0.4, -0.2) is 14.8 Å². The maximum absolute atomic E-state index is 13.2. The predicted octanol–water partition coefficient (Wildman–Crippen LogP) is 5.48. The van der Waals surface area contributed by atoms with E-state index in [1.807, 2.05) is 0 Å². The second-order valence-corrected chi connectivity index (χ2v) is 10.4. The Morgan fingerprint density at radius 2 is 1.83 bits per heavy atom. The lowest BCUT2D eigenvalue weighted by atomic mass is 10.0. The fourth-order valence-electron chi connectivity index (χ4n) is 3.46. The first kappa shape index (κ1) is 19.1. The second-order valence-electron chi connectivity index (χ2n) is 6.92. The quantitative estimate of drug-likeness (QED) is 0.267. The zero-order valence-corrected chi connectivity index (χ0v) is 15.7. The van der Waals surface area contributed by atoms with Crippen LogP contribution in [-0.2, 0) is 4.79 Å². The fraction of sp³-hybridized carbons (Fsp3) is 0.632. The Morgan fingerprint density at radius 1 is 1.12 bits per heavy atom. The molecule has 2 nitrogen and oxygen atoms in total. The number of ether oxygens (including phenoxy) is 1. The number of hydrogen-bond acceptors (Lipinski definition) is 2. The third-order valence-corrected chi connectivity index (χ3v) is 8.53. The number of carbonyl (C=O) groups excluding carboxylic acids is 1. The molecular formula is C19H28F2O2Si. The van der Waals surface area contributed by atoms with Crippen molar-refractivity contribution in [3.05, 3.63) is 29.8 Å². The largest absolute Gasteiger partial charge is 0.426 e. The zero-order valence-electron chi connectivity index (χ0n) is 14.5. The fourth-order valence-corrected chi connectivity index (χ4v) is 6.94. The molecule has 0 spiro atoms. The number of hydrogen-bond donors (Lipinski definition) is 0. The normalized spacial score (nSPS) is 20.8. The smallest absolute Gasteiger partial charge is 0.314 e. The summed E-state index contributed by atoms with van der Waals surface area (Å²) in [6, 6.07) is 7.02. The molecule has 1 heterocycles. The van der Waals surface area contributed by atoms with E-state index in [4.69, 9.17) is 4.74 Å². The number of benzene rings is 1. The van der Waals surface area contributed by atoms with Crippen LogP contribution in [0.4, 0.5) is 8.78 Å². The third-order valence-electron chi connectivity index (χ3n) is 5.01. The van der Waals surface area contributed by atoms with Gasteiger partial charge in [-0.2, -0.15) is 0 Å². The van der Waals surface area contributed by atoms with E-state index >= 15 is 0 Å². The Kier molecular flexibility index (Phi) is 7.89. The minimum absolute atomic E-state index is 0.0815. The van der Waals surface area contributed by atoms with Gasteiger partial charge in [0.15, 0.2) is 11.6 Å². The van der Waals surface area contributed by atoms with E-state index in [2.05, 4.69) is 6.92 Å². The Morgan fingerprint density at radius 3 is 2.50 bits per heavy atom. The van der Waals surface area contributed by atoms with Crippen LogP contribution in [0.25, 0.3) is 0 Å². The van der Waals surface area contributed by atoms with Crippen molar-refractivity contribution in [2.24, 2.45) is 5.92 Å². The van der Waals surface area contributed by atoms with Crippen molar-refractivity contribution in [1.29, 1.82) is 0 Å². The molecule has 2 rings (SSSR count). The maximum Gasteiger partial charge on any atom is 0.314 e. The van der Waals surface area contributed by atoms with E-state index in [9.17, 15) is 13.6 Å². The van der Waals surface area contributed by atoms with Gasteiger partial charge in [0.1, 0.15) is 5.75 Å². The highest BCUT2D eigenvalue weighted by Gasteiger charge is 2.28. The number of esters is 1. The van der Waals surface area contributed by atoms with Gasteiger partial charge in [-0.25, -0.2) is 8.78 Å². The van der Waals surface area contributed by atoms with Crippen molar-refractivity contribution in [3.8, 4) is 5.75 Å². The number of unbranched alkanes of at least 4 members (excludes halogenated alkanes) is 4. The van der Waals surface area contributed by atoms with Gasteiger partial charge in [-0.05, 0) is 25.0 Å². The van der Waals surface area contributed by atoms with Gasteiger partial charge >= 0.3 is 5.97 Å². The first-order valence-corrected chi connectivity index (χ1v) is 11.7. The summed E-state index contributed by atoms with van der Waals surface area (Å²) in [5.74, 6) is -2.20. The highest BCUT2D eigenvalue weighted by atomic mass is 28.3. The van der Waals surface area contributed by atoms with E-state index in [-0.39, 0.29) is 17.6 Å². The SMILES string of the molecule is CCCCCCC[Si@H]1CC[C@H](C(=O)Oc2ccc(F)c(F)c2)CC1. The zero-order chi connectivity index (χ0) is 17.4. The molecule has 0 atom stereocenters. The van der Waals surface area contributed by atoms with Crippen molar-refractivity contribution >= 4 is 14.8 Å². The number of carbonyl (C=O) groups is 1. The molecule has 1 aliphatic rings. The minimum Gasteiger partial charge on any atom is -0.426 e. The van der Waals surface area contributed by atoms with Gasteiger partial charge < -0.3 is 4.74 Å². The van der Waals surface area contributed by atoms with Crippen molar-refractivity contribution in [1.82, 2.24) is 0 Å². The molecule has 0 radical (unpaired) electrons. The van der Waals surface area contributed by atoms with Gasteiger partial charge in [0.2, 0.25) is 0 Å². The number of rotatable bonds is 8. The third kappa shape index (κ3) is 6.00. The molecular weight excluding hydrogens is 326 g/mol. The first-order valence-electron chi connectivity index (χ1n) is 9.27. The van der Waals surface area contributed by atoms with Gasteiger partial charge in [0.25, 0.3) is 0 Å². The van der Waals surface area contributed by atoms with Gasteiger partial charge in [0.05, 0.1) is 5.92 Å². The summed E-state index contributed by atoms with van der Waals surface area (Å²) in [5, 5.41) is 0. The number of halogens is 2. The summed E-state index contributed by atoms with van der Waals surface area (Å²) in [6.45, 7) is 2.23. The Bertz CT molecular complexity index is 528. The molecule has 0 saturated carbocycles. The van der Waals surface area contributed by atoms with E-state index < -0.39 is 20.4 Å². The summed E-state index contributed by atoms with van der Waals surface area (Å²) in [6.07, 6.45) is 8.45. The topological polar surface area (TPSA) is 26.3 Å². The predicted molar refractivity (Wildman–Crippen MR) is 95.0 cm³/mol. The Balaban J connectivity index is 1.69. The summed E-state index contributed by atoms with van der Waals surface area (Å²) in [7, 11) is -0.674. The molecule has 0 aromatic heterocycles. The van der Waals surface area contributed by atoms with Crippen molar-refractivity contribution in [2.75, 3.05) is 0 Å². The lowest BCUT2D eigenvalue weighted by Crippen LogP contribution is -2.28. The molecule has 0 bridgehead atoms. The van der Waals surface area contributed by atoms with Crippen molar-refractivity contribution < 1.29 is 18.3 Å². The summed E-state index contributed by atoms with van der Waals surface area (Å²) in [4.78, 5) is 12.2. The highest BCUT2D eigenvalue weighted by molar-refractivity contribution is 6.59. The molecule has 0 amide bonds. The molecule has 1 saturated heterocycles. The van der Waals surface area contributed by atoms with Gasteiger partial charge in [-0.15, -0.1) is 0 Å². The molecule has 1 aromatic rings. The average Bonchev–Trinajstić information content (AvgIpc) is 2.58. The van der Waals surface area contributed by atoms with Crippen LogP contribution in [0.15, 0.2) is 18.2 Å². The molecule has 0 unspecified atom stereocenters. The summed E-state index contributed by atoms with van der Waals surface area (Å²) < 4.78 is 31.3. The van der Waals surface area contributed by atoms with Crippen LogP contribution >= 0.6 is 0 Å². The Labute approximate surface area is 145 Å². The van der Waals surface area contributed by atoms with Crippen molar-refractivity contribution in [3.63, 3.8) is 0 Å². The molecule has 134 valence electrons. The van der Waals surface area contributed by atoms with Crippen LogP contribution in [0.5, 0.6) is 5.75 Å². The van der Waals surface area contributed by atoms with Crippen LogP contribution in [0, 0.1) is 17.6 Å². The standard InChI is InChI=1S/C19H28F2O2Si/c1-2-3-4-5-6-11-24-12-9-15(10-13-24)19(22)23-16-7-8-17(20)18(21)14-16/h7-8,14-15,24H,2-6,9-13H2,1H3/t15-,24-. The van der Waals surface area contributed by atoms with E-state index in [1.165, 1.54) is 56.3 Å². The molecule has 1 aliphatic heterocycles. The monoisotopic (exact) mass is 354 g/mol. The van der Waals surface area contributed by atoms with E-state index in [1.54, 1.807) is 0 Å². The van der Waals surface area contributed by atoms with Gasteiger partial charge in [-0.1, -0.05) is 57.2 Å². The molecule has 0 N–H and O–H groups in total. The van der Waals surface area contributed by atoms with E-state index in [0.29, 0.717) is 0 Å². The molecule has 1 aromatic carbocycles. The molecule has 0 aliphatic carbocycles. The van der Waals surface area contributed by atoms with Crippen LogP contribution in [0.3, 0.4) is 0 Å². The second kappa shape index (κ2) is 9.92. The van der Waals surface area contributed by atoms with Crippen LogP contribution < -0.4 is 4.74 Å². The molecule has 5 heteroatoms. The molecule has 24 heavy (non-hydrogen) atoms. The lowest BCUT2D eigenvalue weighted by molar-refractivity contribution is -0.139. The van der Waals surface area contributed by atoms with Gasteiger partial charge in [-0.3, -0.25) is 4.79 Å². The summed E-state index contributed by atoms with van der Waals surface area (Å²) >= 11 is 0. The maximum atomic E-state index is 13.2. The lowest BCUT2D eigenvalue weighted by Gasteiger charge is -2.26. The van der Waals surface area contributed by atoms with Gasteiger partial charge in [0, 0.05) is 14.9 Å². The summed E-state index contributed by atoms with van der Waals surface area (Å²) in [5.41, 5.74) is 0. The van der Waals surface area contributed by atoms with Crippen LogP contribution in [0.1, 0.15) is 51.9 Å². The molecule has 1 fully saturated rings.